The SMILES string of the molecule is COCOc1ccc(C2COc3cc(OC(=O)OC)ccc3C2O)cc1. The van der Waals surface area contributed by atoms with E-state index >= 15 is 0 Å². The molecule has 7 nitrogen and oxygen atoms in total. The van der Waals surface area contributed by atoms with Crippen LogP contribution in [0, 0.1) is 0 Å². The second-order valence-corrected chi connectivity index (χ2v) is 5.74. The van der Waals surface area contributed by atoms with Crippen LogP contribution in [0.5, 0.6) is 17.2 Å². The van der Waals surface area contributed by atoms with Gasteiger partial charge in [0.1, 0.15) is 17.2 Å². The summed E-state index contributed by atoms with van der Waals surface area (Å²) in [5.41, 5.74) is 1.57. The lowest BCUT2D eigenvalue weighted by Gasteiger charge is -2.30. The molecule has 0 amide bonds. The van der Waals surface area contributed by atoms with E-state index in [0.29, 0.717) is 29.4 Å². The van der Waals surface area contributed by atoms with Gasteiger partial charge in [0, 0.05) is 24.7 Å². The van der Waals surface area contributed by atoms with Crippen LogP contribution in [-0.4, -0.2) is 38.9 Å². The molecule has 0 saturated heterocycles. The van der Waals surface area contributed by atoms with Gasteiger partial charge in [-0.3, -0.25) is 0 Å². The fraction of sp³-hybridized carbons (Fsp3) is 0.316. The van der Waals surface area contributed by atoms with Gasteiger partial charge in [0.05, 0.1) is 19.8 Å². The molecule has 2 aromatic carbocycles. The van der Waals surface area contributed by atoms with Crippen LogP contribution in [0.25, 0.3) is 0 Å². The topological polar surface area (TPSA) is 83.5 Å². The monoisotopic (exact) mass is 360 g/mol. The fourth-order valence-corrected chi connectivity index (χ4v) is 2.79. The molecule has 7 heteroatoms. The van der Waals surface area contributed by atoms with E-state index in [1.54, 1.807) is 25.3 Å². The summed E-state index contributed by atoms with van der Waals surface area (Å²) in [4.78, 5) is 11.2. The van der Waals surface area contributed by atoms with E-state index in [-0.39, 0.29) is 12.7 Å². The minimum Gasteiger partial charge on any atom is -0.492 e. The first kappa shape index (κ1) is 18.0. The Morgan fingerprint density at radius 1 is 1.15 bits per heavy atom. The van der Waals surface area contributed by atoms with Gasteiger partial charge < -0.3 is 28.8 Å². The molecule has 0 spiro atoms. The van der Waals surface area contributed by atoms with Crippen LogP contribution in [-0.2, 0) is 9.47 Å². The van der Waals surface area contributed by atoms with Gasteiger partial charge in [0.15, 0.2) is 6.79 Å². The number of rotatable bonds is 5. The van der Waals surface area contributed by atoms with Crippen LogP contribution >= 0.6 is 0 Å². The highest BCUT2D eigenvalue weighted by molar-refractivity contribution is 5.64. The van der Waals surface area contributed by atoms with E-state index in [1.807, 2.05) is 24.3 Å². The molecule has 2 unspecified atom stereocenters. The van der Waals surface area contributed by atoms with Crippen molar-refractivity contribution in [3.63, 3.8) is 0 Å². The van der Waals surface area contributed by atoms with Crippen molar-refractivity contribution in [3.8, 4) is 17.2 Å². The molecule has 1 heterocycles. The number of carbonyl (C=O) groups excluding carboxylic acids is 1. The number of fused-ring (bicyclic) bond motifs is 1. The summed E-state index contributed by atoms with van der Waals surface area (Å²) in [5, 5.41) is 10.7. The molecule has 0 radical (unpaired) electrons. The molecule has 3 rings (SSSR count). The van der Waals surface area contributed by atoms with Crippen LogP contribution in [0.2, 0.25) is 0 Å². The van der Waals surface area contributed by atoms with Gasteiger partial charge >= 0.3 is 6.16 Å². The number of carbonyl (C=O) groups is 1. The fourth-order valence-electron chi connectivity index (χ4n) is 2.79. The van der Waals surface area contributed by atoms with E-state index in [1.165, 1.54) is 7.11 Å². The van der Waals surface area contributed by atoms with Gasteiger partial charge in [-0.2, -0.15) is 0 Å². The number of hydrogen-bond acceptors (Lipinski definition) is 7. The van der Waals surface area contributed by atoms with Crippen molar-refractivity contribution in [3.05, 3.63) is 53.6 Å². The normalized spacial score (nSPS) is 18.4. The van der Waals surface area contributed by atoms with Crippen molar-refractivity contribution < 1.29 is 33.6 Å². The van der Waals surface area contributed by atoms with Crippen LogP contribution in [0.3, 0.4) is 0 Å². The molecule has 1 N–H and O–H groups in total. The molecular weight excluding hydrogens is 340 g/mol. The standard InChI is InChI=1S/C19H20O7/c1-22-11-25-13-5-3-12(4-6-13)16-10-24-17-9-14(26-19(21)23-2)7-8-15(17)18(16)20/h3-9,16,18,20H,10-11H2,1-2H3. The zero-order valence-corrected chi connectivity index (χ0v) is 14.5. The molecular formula is C19H20O7. The van der Waals surface area contributed by atoms with Gasteiger partial charge in [-0.15, -0.1) is 0 Å². The van der Waals surface area contributed by atoms with Gasteiger partial charge in [-0.25, -0.2) is 4.79 Å². The molecule has 0 aromatic heterocycles. The Morgan fingerprint density at radius 2 is 1.88 bits per heavy atom. The first-order valence-corrected chi connectivity index (χ1v) is 8.04. The van der Waals surface area contributed by atoms with Crippen LogP contribution in [0.4, 0.5) is 4.79 Å². The third-order valence-corrected chi connectivity index (χ3v) is 4.12. The summed E-state index contributed by atoms with van der Waals surface area (Å²) in [6.07, 6.45) is -1.55. The Bertz CT molecular complexity index is 757. The van der Waals surface area contributed by atoms with Crippen molar-refractivity contribution in [2.45, 2.75) is 12.0 Å². The Morgan fingerprint density at radius 3 is 2.58 bits per heavy atom. The minimum atomic E-state index is -0.810. The average molecular weight is 360 g/mol. The van der Waals surface area contributed by atoms with Crippen LogP contribution in [0.1, 0.15) is 23.1 Å². The van der Waals surface area contributed by atoms with Crippen molar-refractivity contribution >= 4 is 6.16 Å². The highest BCUT2D eigenvalue weighted by atomic mass is 16.7. The predicted octanol–water partition coefficient (Wildman–Crippen LogP) is 3.02. The summed E-state index contributed by atoms with van der Waals surface area (Å²) in [6, 6.07) is 12.3. The summed E-state index contributed by atoms with van der Waals surface area (Å²) in [6.45, 7) is 0.478. The van der Waals surface area contributed by atoms with E-state index in [2.05, 4.69) is 4.74 Å². The zero-order chi connectivity index (χ0) is 18.5. The molecule has 138 valence electrons. The first-order valence-electron chi connectivity index (χ1n) is 8.04. The van der Waals surface area contributed by atoms with Crippen molar-refractivity contribution in [2.75, 3.05) is 27.6 Å². The number of ether oxygens (including phenoxy) is 5. The first-order chi connectivity index (χ1) is 12.6. The molecule has 26 heavy (non-hydrogen) atoms. The number of hydrogen-bond donors (Lipinski definition) is 1. The summed E-state index contributed by atoms with van der Waals surface area (Å²) in [5.74, 6) is 1.24. The van der Waals surface area contributed by atoms with Crippen molar-refractivity contribution in [1.29, 1.82) is 0 Å². The van der Waals surface area contributed by atoms with Crippen LogP contribution in [0.15, 0.2) is 42.5 Å². The van der Waals surface area contributed by atoms with Crippen molar-refractivity contribution in [2.24, 2.45) is 0 Å². The lowest BCUT2D eigenvalue weighted by molar-refractivity contribution is 0.0510. The summed E-state index contributed by atoms with van der Waals surface area (Å²) >= 11 is 0. The smallest absolute Gasteiger partial charge is 0.492 e. The molecule has 1 aliphatic rings. The van der Waals surface area contributed by atoms with Gasteiger partial charge in [0.25, 0.3) is 0 Å². The average Bonchev–Trinajstić information content (AvgIpc) is 2.67. The highest BCUT2D eigenvalue weighted by Gasteiger charge is 2.31. The van der Waals surface area contributed by atoms with Gasteiger partial charge in [-0.05, 0) is 29.8 Å². The number of benzene rings is 2. The van der Waals surface area contributed by atoms with Gasteiger partial charge in [-0.1, -0.05) is 12.1 Å². The second kappa shape index (κ2) is 8.07. The number of methoxy groups -OCH3 is 2. The molecule has 0 saturated carbocycles. The molecule has 1 aliphatic heterocycles. The third-order valence-electron chi connectivity index (χ3n) is 4.12. The molecule has 2 aromatic rings. The highest BCUT2D eigenvalue weighted by Crippen LogP contribution is 2.42. The quantitative estimate of drug-likeness (QED) is 0.498. The molecule has 0 bridgehead atoms. The number of aliphatic hydroxyl groups excluding tert-OH is 1. The lowest BCUT2D eigenvalue weighted by Crippen LogP contribution is -2.24. The predicted molar refractivity (Wildman–Crippen MR) is 91.6 cm³/mol. The van der Waals surface area contributed by atoms with Crippen LogP contribution < -0.4 is 14.2 Å². The third kappa shape index (κ3) is 3.89. The maximum Gasteiger partial charge on any atom is 0.513 e. The lowest BCUT2D eigenvalue weighted by atomic mass is 9.87. The van der Waals surface area contributed by atoms with E-state index in [9.17, 15) is 9.90 Å². The maximum atomic E-state index is 11.2. The maximum absolute atomic E-state index is 11.2. The molecule has 0 aliphatic carbocycles. The summed E-state index contributed by atoms with van der Waals surface area (Å²) in [7, 11) is 2.79. The summed E-state index contributed by atoms with van der Waals surface area (Å²) < 4.78 is 25.4. The zero-order valence-electron chi connectivity index (χ0n) is 14.5. The number of aliphatic hydroxyl groups is 1. The Labute approximate surface area is 151 Å². The molecule has 0 fully saturated rings. The second-order valence-electron chi connectivity index (χ2n) is 5.74. The van der Waals surface area contributed by atoms with Crippen molar-refractivity contribution in [1.82, 2.24) is 0 Å². The Hall–Kier alpha value is -2.77. The van der Waals surface area contributed by atoms with E-state index in [4.69, 9.17) is 18.9 Å². The van der Waals surface area contributed by atoms with E-state index < -0.39 is 12.3 Å². The minimum absolute atomic E-state index is 0.178. The van der Waals surface area contributed by atoms with Gasteiger partial charge in [0.2, 0.25) is 0 Å². The Balaban J connectivity index is 1.75. The largest absolute Gasteiger partial charge is 0.513 e. The molecule has 2 atom stereocenters. The Kier molecular flexibility index (Phi) is 5.60. The van der Waals surface area contributed by atoms with E-state index in [0.717, 1.165) is 5.56 Å².